The highest BCUT2D eigenvalue weighted by molar-refractivity contribution is 7.15. The number of rotatable bonds is 3. The van der Waals surface area contributed by atoms with E-state index in [1.165, 1.54) is 7.11 Å². The number of hydrogen-bond donors (Lipinski definition) is 1. The van der Waals surface area contributed by atoms with Crippen LogP contribution in [0.3, 0.4) is 0 Å². The lowest BCUT2D eigenvalue weighted by Gasteiger charge is -1.96. The Bertz CT molecular complexity index is 309. The van der Waals surface area contributed by atoms with Crippen LogP contribution >= 0.6 is 11.3 Å². The van der Waals surface area contributed by atoms with E-state index in [-0.39, 0.29) is 22.6 Å². The molecule has 1 aromatic heterocycles. The third kappa shape index (κ3) is 2.09. The molecule has 0 aliphatic heterocycles. The molecule has 0 spiro atoms. The van der Waals surface area contributed by atoms with Gasteiger partial charge in [0.15, 0.2) is 4.88 Å². The van der Waals surface area contributed by atoms with Crippen LogP contribution in [0.2, 0.25) is 0 Å². The molecule has 0 aliphatic rings. The maximum absolute atomic E-state index is 11.1. The van der Waals surface area contributed by atoms with Crippen LogP contribution in [-0.4, -0.2) is 29.8 Å². The van der Waals surface area contributed by atoms with Crippen LogP contribution in [0.5, 0.6) is 11.1 Å². The monoisotopic (exact) mass is 203 g/mol. The normalized spacial score (nSPS) is 9.69. The number of thiazole rings is 1. The second-order valence-electron chi connectivity index (χ2n) is 2.06. The Balaban J connectivity index is 2.87. The van der Waals surface area contributed by atoms with E-state index < -0.39 is 5.97 Å². The number of ether oxygens (including phenoxy) is 2. The molecule has 0 aromatic carbocycles. The van der Waals surface area contributed by atoms with E-state index in [4.69, 9.17) is 4.74 Å². The standard InChI is InChI=1S/C7H9NO4S/c1-3-12-6(10)4-5(9)8-7(11-2)13-4/h9H,3H2,1-2H3. The highest BCUT2D eigenvalue weighted by Gasteiger charge is 2.18. The maximum Gasteiger partial charge on any atom is 0.354 e. The molecular formula is C7H9NO4S. The van der Waals surface area contributed by atoms with Crippen molar-refractivity contribution in [2.45, 2.75) is 6.92 Å². The summed E-state index contributed by atoms with van der Waals surface area (Å²) in [4.78, 5) is 14.8. The van der Waals surface area contributed by atoms with E-state index >= 15 is 0 Å². The molecule has 0 amide bonds. The summed E-state index contributed by atoms with van der Waals surface area (Å²) in [6, 6.07) is 0. The van der Waals surface area contributed by atoms with E-state index in [1.807, 2.05) is 0 Å². The highest BCUT2D eigenvalue weighted by atomic mass is 32.1. The Morgan fingerprint density at radius 3 is 2.85 bits per heavy atom. The summed E-state index contributed by atoms with van der Waals surface area (Å²) in [5.74, 6) is -0.930. The first kappa shape index (κ1) is 9.79. The van der Waals surface area contributed by atoms with Gasteiger partial charge in [0.05, 0.1) is 13.7 Å². The van der Waals surface area contributed by atoms with Gasteiger partial charge >= 0.3 is 5.97 Å². The fourth-order valence-corrected chi connectivity index (χ4v) is 1.38. The number of hydrogen-bond acceptors (Lipinski definition) is 6. The summed E-state index contributed by atoms with van der Waals surface area (Å²) < 4.78 is 9.43. The Labute approximate surface area is 78.9 Å². The average Bonchev–Trinajstić information content (AvgIpc) is 2.47. The molecule has 0 saturated heterocycles. The Kier molecular flexibility index (Phi) is 3.07. The van der Waals surface area contributed by atoms with Gasteiger partial charge in [0.25, 0.3) is 5.19 Å². The van der Waals surface area contributed by atoms with Crippen molar-refractivity contribution in [1.82, 2.24) is 4.98 Å². The topological polar surface area (TPSA) is 68.7 Å². The first-order chi connectivity index (χ1) is 6.19. The molecule has 0 bridgehead atoms. The largest absolute Gasteiger partial charge is 0.492 e. The summed E-state index contributed by atoms with van der Waals surface area (Å²) >= 11 is 0.950. The first-order valence-corrected chi connectivity index (χ1v) is 4.41. The summed E-state index contributed by atoms with van der Waals surface area (Å²) in [7, 11) is 1.41. The SMILES string of the molecule is CCOC(=O)c1sc(OC)nc1O. The van der Waals surface area contributed by atoms with Gasteiger partial charge in [0.2, 0.25) is 5.88 Å². The van der Waals surface area contributed by atoms with E-state index in [2.05, 4.69) is 9.72 Å². The van der Waals surface area contributed by atoms with Crippen LogP contribution in [0.25, 0.3) is 0 Å². The second kappa shape index (κ2) is 4.08. The molecule has 0 atom stereocenters. The minimum atomic E-state index is -0.583. The number of carbonyl (C=O) groups is 1. The van der Waals surface area contributed by atoms with Gasteiger partial charge in [-0.05, 0) is 6.92 Å². The van der Waals surface area contributed by atoms with Gasteiger partial charge < -0.3 is 14.6 Å². The summed E-state index contributed by atoms with van der Waals surface area (Å²) in [5, 5.41) is 9.41. The van der Waals surface area contributed by atoms with Crippen molar-refractivity contribution in [3.05, 3.63) is 4.88 Å². The smallest absolute Gasteiger partial charge is 0.354 e. The van der Waals surface area contributed by atoms with Crippen LogP contribution in [0.15, 0.2) is 0 Å². The minimum Gasteiger partial charge on any atom is -0.492 e. The van der Waals surface area contributed by atoms with Gasteiger partial charge in [-0.25, -0.2) is 4.79 Å². The molecule has 1 aromatic rings. The van der Waals surface area contributed by atoms with Crippen molar-refractivity contribution in [1.29, 1.82) is 0 Å². The van der Waals surface area contributed by atoms with E-state index in [0.717, 1.165) is 11.3 Å². The van der Waals surface area contributed by atoms with Crippen molar-refractivity contribution in [2.75, 3.05) is 13.7 Å². The van der Waals surface area contributed by atoms with Gasteiger partial charge in [-0.3, -0.25) is 0 Å². The number of aromatic nitrogens is 1. The molecule has 0 fully saturated rings. The van der Waals surface area contributed by atoms with Gasteiger partial charge in [-0.15, -0.1) is 0 Å². The van der Waals surface area contributed by atoms with E-state index in [9.17, 15) is 9.90 Å². The molecule has 1 rings (SSSR count). The van der Waals surface area contributed by atoms with Gasteiger partial charge in [0, 0.05) is 0 Å². The van der Waals surface area contributed by atoms with Gasteiger partial charge in [-0.2, -0.15) is 4.98 Å². The molecule has 13 heavy (non-hydrogen) atoms. The van der Waals surface area contributed by atoms with E-state index in [1.54, 1.807) is 6.92 Å². The van der Waals surface area contributed by atoms with Crippen LogP contribution in [-0.2, 0) is 4.74 Å². The van der Waals surface area contributed by atoms with Crippen molar-refractivity contribution in [2.24, 2.45) is 0 Å². The van der Waals surface area contributed by atoms with Gasteiger partial charge in [0.1, 0.15) is 0 Å². The number of methoxy groups -OCH3 is 1. The van der Waals surface area contributed by atoms with Crippen LogP contribution in [0, 0.1) is 0 Å². The Morgan fingerprint density at radius 1 is 1.69 bits per heavy atom. The Hall–Kier alpha value is -1.30. The molecule has 0 aliphatic carbocycles. The molecule has 0 unspecified atom stereocenters. The molecule has 1 N–H and O–H groups in total. The summed E-state index contributed by atoms with van der Waals surface area (Å²) in [6.07, 6.45) is 0. The molecule has 1 heterocycles. The highest BCUT2D eigenvalue weighted by Crippen LogP contribution is 2.29. The minimum absolute atomic E-state index is 0.0682. The lowest BCUT2D eigenvalue weighted by molar-refractivity contribution is 0.0528. The summed E-state index contributed by atoms with van der Waals surface area (Å²) in [6.45, 7) is 1.95. The Morgan fingerprint density at radius 2 is 2.38 bits per heavy atom. The zero-order valence-electron chi connectivity index (χ0n) is 7.23. The van der Waals surface area contributed by atoms with Crippen molar-refractivity contribution < 1.29 is 19.4 Å². The quantitative estimate of drug-likeness (QED) is 0.743. The fraction of sp³-hybridized carbons (Fsp3) is 0.429. The third-order valence-electron chi connectivity index (χ3n) is 1.23. The molecular weight excluding hydrogens is 194 g/mol. The van der Waals surface area contributed by atoms with E-state index in [0.29, 0.717) is 0 Å². The number of carbonyl (C=O) groups excluding carboxylic acids is 1. The number of aromatic hydroxyl groups is 1. The third-order valence-corrected chi connectivity index (χ3v) is 2.21. The van der Waals surface area contributed by atoms with Crippen LogP contribution < -0.4 is 4.74 Å². The molecule has 0 radical (unpaired) electrons. The van der Waals surface area contributed by atoms with Crippen molar-refractivity contribution in [3.63, 3.8) is 0 Å². The molecule has 6 heteroatoms. The molecule has 72 valence electrons. The molecule has 0 saturated carbocycles. The lowest BCUT2D eigenvalue weighted by atomic mass is 10.5. The molecule has 5 nitrogen and oxygen atoms in total. The second-order valence-corrected chi connectivity index (χ2v) is 3.02. The predicted molar refractivity (Wildman–Crippen MR) is 46.3 cm³/mol. The first-order valence-electron chi connectivity index (χ1n) is 3.60. The predicted octanol–water partition coefficient (Wildman–Crippen LogP) is 1.03. The number of esters is 1. The van der Waals surface area contributed by atoms with Crippen molar-refractivity contribution >= 4 is 17.3 Å². The average molecular weight is 203 g/mol. The van der Waals surface area contributed by atoms with Crippen molar-refractivity contribution in [3.8, 4) is 11.1 Å². The zero-order chi connectivity index (χ0) is 9.84. The maximum atomic E-state index is 11.1. The zero-order valence-corrected chi connectivity index (χ0v) is 8.05. The van der Waals surface area contributed by atoms with Gasteiger partial charge in [-0.1, -0.05) is 11.3 Å². The fourth-order valence-electron chi connectivity index (χ4n) is 0.710. The number of nitrogens with zero attached hydrogens (tertiary/aromatic N) is 1. The lowest BCUT2D eigenvalue weighted by Crippen LogP contribution is -2.02. The summed E-state index contributed by atoms with van der Waals surface area (Å²) in [5.41, 5.74) is 0. The van der Waals surface area contributed by atoms with Crippen LogP contribution in [0.1, 0.15) is 16.6 Å². The van der Waals surface area contributed by atoms with Crippen LogP contribution in [0.4, 0.5) is 0 Å².